The summed E-state index contributed by atoms with van der Waals surface area (Å²) < 4.78 is 5.79. The van der Waals surface area contributed by atoms with E-state index in [1.54, 1.807) is 0 Å². The van der Waals surface area contributed by atoms with Crippen molar-refractivity contribution in [1.29, 1.82) is 5.26 Å². The van der Waals surface area contributed by atoms with Crippen molar-refractivity contribution in [3.05, 3.63) is 36.0 Å². The van der Waals surface area contributed by atoms with Crippen LogP contribution in [0.25, 0.3) is 11.5 Å². The fourth-order valence-electron chi connectivity index (χ4n) is 2.58. The summed E-state index contributed by atoms with van der Waals surface area (Å²) in [5.74, 6) is 0.920. The van der Waals surface area contributed by atoms with Crippen molar-refractivity contribution in [2.45, 2.75) is 18.9 Å². The molecule has 1 aromatic carbocycles. The van der Waals surface area contributed by atoms with Gasteiger partial charge in [0.05, 0.1) is 12.6 Å². The topological polar surface area (TPSA) is 73.3 Å². The maximum absolute atomic E-state index is 9.40. The van der Waals surface area contributed by atoms with Crippen LogP contribution < -0.4 is 4.90 Å². The summed E-state index contributed by atoms with van der Waals surface area (Å²) in [7, 11) is 0. The van der Waals surface area contributed by atoms with E-state index >= 15 is 0 Å². The van der Waals surface area contributed by atoms with Crippen molar-refractivity contribution >= 4 is 5.88 Å². The molecular weight excluding hydrogens is 254 g/mol. The lowest BCUT2D eigenvalue weighted by atomic mass is 10.2. The highest BCUT2D eigenvalue weighted by molar-refractivity contribution is 5.59. The predicted molar refractivity (Wildman–Crippen MR) is 74.1 cm³/mol. The van der Waals surface area contributed by atoms with Gasteiger partial charge in [-0.3, -0.25) is 0 Å². The number of aromatic nitrogens is 1. The normalized spacial score (nSPS) is 18.2. The average molecular weight is 269 g/mol. The Morgan fingerprint density at radius 3 is 2.90 bits per heavy atom. The maximum Gasteiger partial charge on any atom is 0.235 e. The number of oxazole rings is 1. The Labute approximate surface area is 117 Å². The largest absolute Gasteiger partial charge is 0.419 e. The quantitative estimate of drug-likeness (QED) is 0.924. The number of benzene rings is 1. The molecule has 0 spiro atoms. The smallest absolute Gasteiger partial charge is 0.235 e. The van der Waals surface area contributed by atoms with Crippen LogP contribution in [0.5, 0.6) is 0 Å². The lowest BCUT2D eigenvalue weighted by Crippen LogP contribution is -2.32. The van der Waals surface area contributed by atoms with Crippen molar-refractivity contribution in [2.24, 2.45) is 0 Å². The lowest BCUT2D eigenvalue weighted by Gasteiger charge is -2.21. The molecule has 0 unspecified atom stereocenters. The summed E-state index contributed by atoms with van der Waals surface area (Å²) in [6.07, 6.45) is 1.89. The third kappa shape index (κ3) is 2.15. The highest BCUT2D eigenvalue weighted by atomic mass is 16.4. The molecule has 5 nitrogen and oxygen atoms in total. The first-order valence-electron chi connectivity index (χ1n) is 6.67. The molecule has 1 atom stereocenters. The molecule has 0 amide bonds. The standard InChI is InChI=1S/C15H15N3O2/c16-9-13-15(18-8-4-7-12(18)10-19)20-14(17-13)11-5-2-1-3-6-11/h1-3,5-6,12,19H,4,7-8,10H2/t12-/m1/s1. The van der Waals surface area contributed by atoms with Crippen LogP contribution in [-0.4, -0.2) is 29.3 Å². The molecule has 20 heavy (non-hydrogen) atoms. The molecular formula is C15H15N3O2. The van der Waals surface area contributed by atoms with E-state index in [4.69, 9.17) is 4.42 Å². The van der Waals surface area contributed by atoms with E-state index in [0.29, 0.717) is 11.8 Å². The van der Waals surface area contributed by atoms with Crippen LogP contribution in [0.1, 0.15) is 18.5 Å². The minimum atomic E-state index is 0.0127. The second-order valence-corrected chi connectivity index (χ2v) is 4.82. The summed E-state index contributed by atoms with van der Waals surface area (Å²) in [5, 5.41) is 18.6. The zero-order chi connectivity index (χ0) is 13.9. The number of anilines is 1. The third-order valence-electron chi connectivity index (χ3n) is 3.58. The zero-order valence-corrected chi connectivity index (χ0v) is 11.0. The van der Waals surface area contributed by atoms with E-state index in [1.165, 1.54) is 0 Å². The highest BCUT2D eigenvalue weighted by Crippen LogP contribution is 2.32. The number of aliphatic hydroxyl groups excluding tert-OH is 1. The fourth-order valence-corrected chi connectivity index (χ4v) is 2.58. The number of rotatable bonds is 3. The van der Waals surface area contributed by atoms with E-state index < -0.39 is 0 Å². The Morgan fingerprint density at radius 1 is 1.40 bits per heavy atom. The van der Waals surface area contributed by atoms with Crippen LogP contribution in [0.3, 0.4) is 0 Å². The van der Waals surface area contributed by atoms with Gasteiger partial charge in [0.15, 0.2) is 0 Å². The van der Waals surface area contributed by atoms with Gasteiger partial charge in [0, 0.05) is 12.1 Å². The molecule has 1 fully saturated rings. The van der Waals surface area contributed by atoms with Gasteiger partial charge in [-0.15, -0.1) is 0 Å². The number of nitrogens with zero attached hydrogens (tertiary/aromatic N) is 3. The van der Waals surface area contributed by atoms with Gasteiger partial charge in [-0.05, 0) is 25.0 Å². The maximum atomic E-state index is 9.40. The van der Waals surface area contributed by atoms with Crippen molar-refractivity contribution in [3.8, 4) is 17.5 Å². The van der Waals surface area contributed by atoms with Crippen molar-refractivity contribution in [3.63, 3.8) is 0 Å². The summed E-state index contributed by atoms with van der Waals surface area (Å²) >= 11 is 0. The molecule has 0 bridgehead atoms. The molecule has 1 aliphatic heterocycles. The number of hydrogen-bond donors (Lipinski definition) is 1. The van der Waals surface area contributed by atoms with Crippen molar-refractivity contribution in [2.75, 3.05) is 18.1 Å². The monoisotopic (exact) mass is 269 g/mol. The second kappa shape index (κ2) is 5.35. The summed E-state index contributed by atoms with van der Waals surface area (Å²) in [6.45, 7) is 0.843. The first-order valence-corrected chi connectivity index (χ1v) is 6.67. The Bertz CT molecular complexity index is 630. The van der Waals surface area contributed by atoms with Crippen LogP contribution in [0, 0.1) is 11.3 Å². The molecule has 0 saturated carbocycles. The van der Waals surface area contributed by atoms with Crippen LogP contribution >= 0.6 is 0 Å². The van der Waals surface area contributed by atoms with Gasteiger partial charge in [-0.25, -0.2) is 0 Å². The van der Waals surface area contributed by atoms with Crippen LogP contribution in [-0.2, 0) is 0 Å². The van der Waals surface area contributed by atoms with Crippen LogP contribution in [0.15, 0.2) is 34.7 Å². The van der Waals surface area contributed by atoms with Gasteiger partial charge in [0.2, 0.25) is 17.5 Å². The van der Waals surface area contributed by atoms with Gasteiger partial charge in [-0.2, -0.15) is 10.2 Å². The molecule has 2 aromatic rings. The summed E-state index contributed by atoms with van der Waals surface area (Å²) in [4.78, 5) is 6.20. The molecule has 1 aromatic heterocycles. The SMILES string of the molecule is N#Cc1nc(-c2ccccc2)oc1N1CCC[C@@H]1CO. The van der Waals surface area contributed by atoms with Crippen LogP contribution in [0.4, 0.5) is 5.88 Å². The molecule has 0 radical (unpaired) electrons. The van der Waals surface area contributed by atoms with E-state index in [2.05, 4.69) is 11.1 Å². The van der Waals surface area contributed by atoms with Gasteiger partial charge in [0.1, 0.15) is 6.07 Å². The summed E-state index contributed by atoms with van der Waals surface area (Å²) in [6, 6.07) is 11.6. The van der Waals surface area contributed by atoms with Crippen molar-refractivity contribution in [1.82, 2.24) is 4.98 Å². The van der Waals surface area contributed by atoms with Crippen molar-refractivity contribution < 1.29 is 9.52 Å². The first-order chi connectivity index (χ1) is 9.83. The number of nitriles is 1. The minimum absolute atomic E-state index is 0.0127. The molecule has 1 N–H and O–H groups in total. The van der Waals surface area contributed by atoms with E-state index in [9.17, 15) is 10.4 Å². The fraction of sp³-hybridized carbons (Fsp3) is 0.333. The molecule has 102 valence electrons. The van der Waals surface area contributed by atoms with Gasteiger partial charge < -0.3 is 14.4 Å². The molecule has 2 heterocycles. The molecule has 3 rings (SSSR count). The predicted octanol–water partition coefficient (Wildman–Crippen LogP) is 2.17. The summed E-state index contributed by atoms with van der Waals surface area (Å²) in [5.41, 5.74) is 1.12. The second-order valence-electron chi connectivity index (χ2n) is 4.82. The Kier molecular flexibility index (Phi) is 3.40. The Hall–Kier alpha value is -2.32. The van der Waals surface area contributed by atoms with Gasteiger partial charge in [0.25, 0.3) is 0 Å². The van der Waals surface area contributed by atoms with Gasteiger partial charge >= 0.3 is 0 Å². The lowest BCUT2D eigenvalue weighted by molar-refractivity contribution is 0.263. The average Bonchev–Trinajstić information content (AvgIpc) is 3.13. The zero-order valence-electron chi connectivity index (χ0n) is 11.0. The van der Waals surface area contributed by atoms with Crippen LogP contribution in [0.2, 0.25) is 0 Å². The Morgan fingerprint density at radius 2 is 2.20 bits per heavy atom. The third-order valence-corrected chi connectivity index (χ3v) is 3.58. The molecule has 5 heteroatoms. The van der Waals surface area contributed by atoms with Gasteiger partial charge in [-0.1, -0.05) is 18.2 Å². The Balaban J connectivity index is 2.00. The highest BCUT2D eigenvalue weighted by Gasteiger charge is 2.30. The molecule has 1 saturated heterocycles. The molecule has 0 aliphatic carbocycles. The van der Waals surface area contributed by atoms with E-state index in [-0.39, 0.29) is 18.3 Å². The van der Waals surface area contributed by atoms with E-state index in [1.807, 2.05) is 35.2 Å². The minimum Gasteiger partial charge on any atom is -0.419 e. The first kappa shape index (κ1) is 12.7. The number of hydrogen-bond acceptors (Lipinski definition) is 5. The number of aliphatic hydroxyl groups is 1. The molecule has 1 aliphatic rings. The van der Waals surface area contributed by atoms with E-state index in [0.717, 1.165) is 24.9 Å².